The Morgan fingerprint density at radius 2 is 2.43 bits per heavy atom. The Labute approximate surface area is 67.0 Å². The molecule has 1 radical (unpaired) electrons. The summed E-state index contributed by atoms with van der Waals surface area (Å²) < 4.78 is 1.58. The molecule has 0 N–H and O–H groups in total. The van der Waals surface area contributed by atoms with Gasteiger partial charge in [0.1, 0.15) is 0 Å². The van der Waals surface area contributed by atoms with E-state index in [1.54, 1.807) is 18.1 Å². The predicted octanol–water partition coefficient (Wildman–Crippen LogP) is -0.387. The molecule has 0 unspecified atom stereocenters. The van der Waals surface area contributed by atoms with Crippen molar-refractivity contribution in [2.75, 3.05) is 0 Å². The molecule has 0 saturated heterocycles. The molecule has 0 aromatic carbocycles. The molecule has 1 rings (SSSR count). The van der Waals surface area contributed by atoms with Crippen LogP contribution in [0.3, 0.4) is 0 Å². The van der Waals surface area contributed by atoms with Gasteiger partial charge in [0.25, 0.3) is 0 Å². The Hall–Kier alpha value is 0.244. The largest absolute Gasteiger partial charge is 0.420 e. The van der Waals surface area contributed by atoms with Crippen molar-refractivity contribution in [3.8, 4) is 0 Å². The van der Waals surface area contributed by atoms with Gasteiger partial charge in [-0.25, -0.2) is 0 Å². The minimum atomic E-state index is 0. The molecule has 1 aromatic rings. The zero-order valence-corrected chi connectivity index (χ0v) is 6.83. The zero-order valence-electron chi connectivity index (χ0n) is 4.00. The van der Waals surface area contributed by atoms with E-state index in [2.05, 4.69) is 16.4 Å². The van der Waals surface area contributed by atoms with Crippen LogP contribution in [0.15, 0.2) is 6.33 Å². The minimum absolute atomic E-state index is 0. The van der Waals surface area contributed by atoms with Crippen LogP contribution in [0, 0.1) is 6.33 Å². The van der Waals surface area contributed by atoms with Crippen LogP contribution in [-0.4, -0.2) is 14.8 Å². The molecule has 4 heteroatoms. The number of rotatable bonds is 0. The first-order valence-electron chi connectivity index (χ1n) is 1.61. The number of aromatic nitrogens is 3. The fourth-order valence-electron chi connectivity index (χ4n) is 0.232. The number of aryl methyl sites for hydroxylation is 1. The van der Waals surface area contributed by atoms with E-state index in [0.29, 0.717) is 0 Å². The minimum Gasteiger partial charge on any atom is -0.420 e. The third kappa shape index (κ3) is 2.14. The van der Waals surface area contributed by atoms with E-state index in [1.165, 1.54) is 0 Å². The van der Waals surface area contributed by atoms with Gasteiger partial charge in [-0.2, -0.15) is 0 Å². The van der Waals surface area contributed by atoms with Crippen molar-refractivity contribution < 1.29 is 32.7 Å². The second-order valence-electron chi connectivity index (χ2n) is 1.02. The summed E-state index contributed by atoms with van der Waals surface area (Å²) in [6.07, 6.45) is 3.98. The van der Waals surface area contributed by atoms with Gasteiger partial charge in [-0.3, -0.25) is 5.10 Å². The predicted molar refractivity (Wildman–Crippen MR) is 19.8 cm³/mol. The molecule has 0 fully saturated rings. The van der Waals surface area contributed by atoms with Crippen molar-refractivity contribution in [3.05, 3.63) is 12.7 Å². The van der Waals surface area contributed by atoms with E-state index in [-0.39, 0.29) is 32.7 Å². The molecule has 1 aromatic heterocycles. The summed E-state index contributed by atoms with van der Waals surface area (Å²) in [5.41, 5.74) is 0. The number of hydrogen-bond donors (Lipinski definition) is 0. The van der Waals surface area contributed by atoms with Gasteiger partial charge in [-0.1, -0.05) is 0 Å². The number of nitrogens with zero attached hydrogens (tertiary/aromatic N) is 3. The van der Waals surface area contributed by atoms with Crippen LogP contribution in [-0.2, 0) is 39.8 Å². The quantitative estimate of drug-likeness (QED) is 0.498. The molecule has 0 aliphatic carbocycles. The molecule has 35 valence electrons. The summed E-state index contributed by atoms with van der Waals surface area (Å²) >= 11 is 0. The monoisotopic (exact) mass is 171 g/mol. The van der Waals surface area contributed by atoms with Crippen LogP contribution in [0.5, 0.6) is 0 Å². The van der Waals surface area contributed by atoms with Gasteiger partial charge >= 0.3 is 0 Å². The molecular formula is C3H4N3Y-. The average molecular weight is 171 g/mol. The SMILES string of the molecule is Cn1cn[c-]n1.[Y]. The van der Waals surface area contributed by atoms with Crippen molar-refractivity contribution in [1.29, 1.82) is 0 Å². The second-order valence-corrected chi connectivity index (χ2v) is 1.02. The molecule has 0 aliphatic heterocycles. The molecule has 0 atom stereocenters. The van der Waals surface area contributed by atoms with Crippen LogP contribution in [0.25, 0.3) is 0 Å². The molecule has 0 amide bonds. The summed E-state index contributed by atoms with van der Waals surface area (Å²) in [6.45, 7) is 0. The van der Waals surface area contributed by atoms with Gasteiger partial charge in [0.15, 0.2) is 0 Å². The summed E-state index contributed by atoms with van der Waals surface area (Å²) in [5.74, 6) is 0. The standard InChI is InChI=1S/C3H4N3.Y/c1-6-3-4-2-5-6;/h3H,1H3;/q-1;. The summed E-state index contributed by atoms with van der Waals surface area (Å²) in [7, 11) is 1.80. The van der Waals surface area contributed by atoms with Crippen LogP contribution in [0.1, 0.15) is 0 Å². The molecule has 0 aliphatic rings. The third-order valence-electron chi connectivity index (χ3n) is 0.485. The zero-order chi connectivity index (χ0) is 4.41. The first-order valence-corrected chi connectivity index (χ1v) is 1.61. The van der Waals surface area contributed by atoms with Gasteiger partial charge < -0.3 is 9.67 Å². The van der Waals surface area contributed by atoms with Crippen LogP contribution >= 0.6 is 0 Å². The number of hydrogen-bond acceptors (Lipinski definition) is 2. The van der Waals surface area contributed by atoms with E-state index in [0.717, 1.165) is 0 Å². The molecule has 0 bridgehead atoms. The van der Waals surface area contributed by atoms with Crippen molar-refractivity contribution >= 4 is 0 Å². The normalized spacial score (nSPS) is 7.57. The van der Waals surface area contributed by atoms with Gasteiger partial charge in [-0.15, -0.1) is 0 Å². The fourth-order valence-corrected chi connectivity index (χ4v) is 0.232. The van der Waals surface area contributed by atoms with Crippen LogP contribution in [0.4, 0.5) is 0 Å². The van der Waals surface area contributed by atoms with Crippen LogP contribution < -0.4 is 0 Å². The Bertz CT molecular complexity index is 114. The van der Waals surface area contributed by atoms with Crippen molar-refractivity contribution in [3.63, 3.8) is 0 Å². The van der Waals surface area contributed by atoms with Gasteiger partial charge in [-0.05, 0) is 12.7 Å². The van der Waals surface area contributed by atoms with E-state index >= 15 is 0 Å². The summed E-state index contributed by atoms with van der Waals surface area (Å²) in [4.78, 5) is 3.55. The Morgan fingerprint density at radius 1 is 1.71 bits per heavy atom. The maximum atomic E-state index is 3.60. The summed E-state index contributed by atoms with van der Waals surface area (Å²) in [5, 5.41) is 3.60. The van der Waals surface area contributed by atoms with Crippen molar-refractivity contribution in [1.82, 2.24) is 14.8 Å². The Balaban J connectivity index is 0.000000360. The topological polar surface area (TPSA) is 30.7 Å². The Kier molecular flexibility index (Phi) is 3.39. The molecular weight excluding hydrogens is 167 g/mol. The van der Waals surface area contributed by atoms with Gasteiger partial charge in [0, 0.05) is 39.8 Å². The first-order chi connectivity index (χ1) is 2.89. The molecule has 7 heavy (non-hydrogen) atoms. The van der Waals surface area contributed by atoms with E-state index < -0.39 is 0 Å². The van der Waals surface area contributed by atoms with E-state index in [1.807, 2.05) is 0 Å². The van der Waals surface area contributed by atoms with Crippen molar-refractivity contribution in [2.24, 2.45) is 7.05 Å². The maximum absolute atomic E-state index is 3.60. The second kappa shape index (κ2) is 3.27. The molecule has 0 saturated carbocycles. The van der Waals surface area contributed by atoms with Gasteiger partial charge in [0.2, 0.25) is 0 Å². The molecule has 1 heterocycles. The molecule has 3 nitrogen and oxygen atoms in total. The fraction of sp³-hybridized carbons (Fsp3) is 0.333. The average Bonchev–Trinajstić information content (AvgIpc) is 1.86. The summed E-state index contributed by atoms with van der Waals surface area (Å²) in [6, 6.07) is 0. The van der Waals surface area contributed by atoms with Crippen LogP contribution in [0.2, 0.25) is 0 Å². The maximum Gasteiger partial charge on any atom is 0.0104 e. The molecule has 0 spiro atoms. The Morgan fingerprint density at radius 3 is 2.57 bits per heavy atom. The first kappa shape index (κ1) is 7.24. The smallest absolute Gasteiger partial charge is 0.0104 e. The van der Waals surface area contributed by atoms with Crippen molar-refractivity contribution in [2.45, 2.75) is 0 Å². The van der Waals surface area contributed by atoms with E-state index in [4.69, 9.17) is 0 Å². The van der Waals surface area contributed by atoms with Gasteiger partial charge in [0.05, 0.1) is 0 Å². The third-order valence-corrected chi connectivity index (χ3v) is 0.485. The van der Waals surface area contributed by atoms with E-state index in [9.17, 15) is 0 Å².